The van der Waals surface area contributed by atoms with E-state index in [4.69, 9.17) is 0 Å². The van der Waals surface area contributed by atoms with E-state index in [1.54, 1.807) is 12.1 Å². The number of hydrogen-bond acceptors (Lipinski definition) is 5. The van der Waals surface area contributed by atoms with E-state index in [0.717, 1.165) is 49.1 Å². The Morgan fingerprint density at radius 1 is 1.25 bits per heavy atom. The molecular weight excluding hydrogens is 427 g/mol. The molecule has 1 aromatic carbocycles. The summed E-state index contributed by atoms with van der Waals surface area (Å²) in [4.78, 5) is 30.0. The average molecular weight is 459 g/mol. The van der Waals surface area contributed by atoms with Crippen LogP contribution in [0.1, 0.15) is 53.4 Å². The van der Waals surface area contributed by atoms with Gasteiger partial charge in [0, 0.05) is 38.8 Å². The van der Waals surface area contributed by atoms with Crippen molar-refractivity contribution in [3.63, 3.8) is 0 Å². The summed E-state index contributed by atoms with van der Waals surface area (Å²) < 4.78 is 13.5. The first-order chi connectivity index (χ1) is 15.5. The van der Waals surface area contributed by atoms with Crippen LogP contribution >= 0.6 is 11.3 Å². The highest BCUT2D eigenvalue weighted by Crippen LogP contribution is 2.25. The monoisotopic (exact) mass is 458 g/mol. The van der Waals surface area contributed by atoms with Crippen LogP contribution in [0.15, 0.2) is 41.8 Å². The highest BCUT2D eigenvalue weighted by molar-refractivity contribution is 7.12. The third-order valence-electron chi connectivity index (χ3n) is 6.45. The molecule has 8 heteroatoms. The van der Waals surface area contributed by atoms with Crippen molar-refractivity contribution in [1.82, 2.24) is 20.7 Å². The molecule has 0 spiro atoms. The second-order valence-corrected chi connectivity index (χ2v) is 9.75. The molecule has 32 heavy (non-hydrogen) atoms. The van der Waals surface area contributed by atoms with Crippen molar-refractivity contribution >= 4 is 23.2 Å². The van der Waals surface area contributed by atoms with Crippen molar-refractivity contribution in [2.75, 3.05) is 26.7 Å². The Morgan fingerprint density at radius 3 is 2.91 bits per heavy atom. The Hall–Kier alpha value is -2.29. The molecule has 0 radical (unpaired) electrons. The van der Waals surface area contributed by atoms with Gasteiger partial charge in [0.05, 0.1) is 10.8 Å². The van der Waals surface area contributed by atoms with Gasteiger partial charge in [0.2, 0.25) is 5.91 Å². The number of hydrogen-bond donors (Lipinski definition) is 2. The van der Waals surface area contributed by atoms with Gasteiger partial charge >= 0.3 is 0 Å². The van der Waals surface area contributed by atoms with Crippen molar-refractivity contribution < 1.29 is 14.0 Å². The highest BCUT2D eigenvalue weighted by atomic mass is 32.1. The lowest BCUT2D eigenvalue weighted by Gasteiger charge is -2.34. The van der Waals surface area contributed by atoms with Gasteiger partial charge in [-0.1, -0.05) is 18.2 Å². The molecule has 3 atom stereocenters. The second-order valence-electron chi connectivity index (χ2n) is 8.80. The number of halogens is 1. The van der Waals surface area contributed by atoms with E-state index >= 15 is 0 Å². The number of hydrazine groups is 1. The standard InChI is InChI=1S/C24H31FN4O2S/c1-28(11-4-9-20-15-21(27-26-20)17-6-2-8-19(25)14-17)23(30)18-7-3-12-29(16-18)24(31)22-10-5-13-32-22/h2,5-6,8,10,13-14,18,20-21,26-27H,3-4,7,9,11-12,15-16H2,1H3. The van der Waals surface area contributed by atoms with Gasteiger partial charge in [0.25, 0.3) is 5.91 Å². The molecule has 2 saturated heterocycles. The Morgan fingerprint density at radius 2 is 2.12 bits per heavy atom. The molecule has 172 valence electrons. The molecule has 0 aliphatic carbocycles. The Labute approximate surface area is 192 Å². The lowest BCUT2D eigenvalue weighted by atomic mass is 9.96. The minimum atomic E-state index is -0.216. The fourth-order valence-corrected chi connectivity index (χ4v) is 5.36. The van der Waals surface area contributed by atoms with E-state index in [1.807, 2.05) is 40.4 Å². The topological polar surface area (TPSA) is 64.7 Å². The highest BCUT2D eigenvalue weighted by Gasteiger charge is 2.31. The molecule has 0 saturated carbocycles. The number of likely N-dealkylation sites (tertiary alicyclic amines) is 1. The van der Waals surface area contributed by atoms with Crippen LogP contribution in [0.4, 0.5) is 4.39 Å². The minimum absolute atomic E-state index is 0.0350. The molecule has 2 aliphatic rings. The van der Waals surface area contributed by atoms with E-state index < -0.39 is 0 Å². The van der Waals surface area contributed by atoms with Crippen LogP contribution in [0.25, 0.3) is 0 Å². The molecule has 6 nitrogen and oxygen atoms in total. The molecule has 4 rings (SSSR count). The summed E-state index contributed by atoms with van der Waals surface area (Å²) in [6.07, 6.45) is 4.41. The van der Waals surface area contributed by atoms with Crippen LogP contribution in [0.3, 0.4) is 0 Å². The summed E-state index contributed by atoms with van der Waals surface area (Å²) in [6, 6.07) is 10.8. The second kappa shape index (κ2) is 10.6. The van der Waals surface area contributed by atoms with Gasteiger partial charge in [0.1, 0.15) is 5.82 Å². The number of rotatable bonds is 7. The van der Waals surface area contributed by atoms with E-state index in [-0.39, 0.29) is 29.6 Å². The van der Waals surface area contributed by atoms with Crippen LogP contribution in [0.5, 0.6) is 0 Å². The molecular formula is C24H31FN4O2S. The van der Waals surface area contributed by atoms with Gasteiger partial charge in [-0.15, -0.1) is 11.3 Å². The van der Waals surface area contributed by atoms with Crippen LogP contribution in [-0.4, -0.2) is 54.3 Å². The van der Waals surface area contributed by atoms with Crippen molar-refractivity contribution in [3.05, 3.63) is 58.0 Å². The van der Waals surface area contributed by atoms with Crippen molar-refractivity contribution in [1.29, 1.82) is 0 Å². The summed E-state index contributed by atoms with van der Waals surface area (Å²) >= 11 is 1.45. The number of benzene rings is 1. The lowest BCUT2D eigenvalue weighted by Crippen LogP contribution is -2.46. The van der Waals surface area contributed by atoms with Crippen LogP contribution in [-0.2, 0) is 4.79 Å². The lowest BCUT2D eigenvalue weighted by molar-refractivity contribution is -0.135. The minimum Gasteiger partial charge on any atom is -0.345 e. The Kier molecular flexibility index (Phi) is 7.55. The number of carbonyl (C=O) groups excluding carboxylic acids is 2. The normalized spacial score (nSPS) is 23.3. The Bertz CT molecular complexity index is 922. The van der Waals surface area contributed by atoms with E-state index in [2.05, 4.69) is 10.9 Å². The zero-order valence-corrected chi connectivity index (χ0v) is 19.2. The summed E-state index contributed by atoms with van der Waals surface area (Å²) in [5.41, 5.74) is 7.51. The van der Waals surface area contributed by atoms with Crippen LogP contribution in [0, 0.1) is 11.7 Å². The van der Waals surface area contributed by atoms with Crippen molar-refractivity contribution in [2.24, 2.45) is 5.92 Å². The van der Waals surface area contributed by atoms with Crippen molar-refractivity contribution in [3.8, 4) is 0 Å². The number of thiophene rings is 1. The summed E-state index contributed by atoms with van der Waals surface area (Å²) in [5.74, 6) is -0.177. The van der Waals surface area contributed by atoms with E-state index in [1.165, 1.54) is 17.4 Å². The van der Waals surface area contributed by atoms with E-state index in [9.17, 15) is 14.0 Å². The average Bonchev–Trinajstić information content (AvgIpc) is 3.51. The number of nitrogens with one attached hydrogen (secondary N) is 2. The zero-order valence-electron chi connectivity index (χ0n) is 18.4. The summed E-state index contributed by atoms with van der Waals surface area (Å²) in [7, 11) is 1.86. The molecule has 2 amide bonds. The quantitative estimate of drug-likeness (QED) is 0.666. The predicted molar refractivity (Wildman–Crippen MR) is 124 cm³/mol. The molecule has 1 aromatic heterocycles. The molecule has 3 unspecified atom stereocenters. The maximum Gasteiger partial charge on any atom is 0.263 e. The van der Waals surface area contributed by atoms with Crippen molar-refractivity contribution in [2.45, 2.75) is 44.2 Å². The first-order valence-electron chi connectivity index (χ1n) is 11.4. The molecule has 3 heterocycles. The maximum absolute atomic E-state index is 13.5. The zero-order chi connectivity index (χ0) is 22.5. The number of carbonyl (C=O) groups is 2. The fraction of sp³-hybridized carbons (Fsp3) is 0.500. The third kappa shape index (κ3) is 5.54. The molecule has 2 N–H and O–H groups in total. The van der Waals surface area contributed by atoms with Gasteiger partial charge in [-0.05, 0) is 61.2 Å². The van der Waals surface area contributed by atoms with Crippen LogP contribution < -0.4 is 10.9 Å². The van der Waals surface area contributed by atoms with Gasteiger partial charge in [-0.25, -0.2) is 4.39 Å². The Balaban J connectivity index is 1.21. The summed E-state index contributed by atoms with van der Waals surface area (Å²) in [5, 5.41) is 1.91. The SMILES string of the molecule is CN(CCCC1CC(c2cccc(F)c2)NN1)C(=O)C1CCCN(C(=O)c2cccs2)C1. The molecule has 0 bridgehead atoms. The smallest absolute Gasteiger partial charge is 0.263 e. The summed E-state index contributed by atoms with van der Waals surface area (Å²) in [6.45, 7) is 1.91. The van der Waals surface area contributed by atoms with Gasteiger partial charge in [0.15, 0.2) is 0 Å². The predicted octanol–water partition coefficient (Wildman–Crippen LogP) is 3.59. The van der Waals surface area contributed by atoms with E-state index in [0.29, 0.717) is 19.1 Å². The third-order valence-corrected chi connectivity index (χ3v) is 7.30. The number of piperidine rings is 1. The molecule has 2 fully saturated rings. The molecule has 2 aliphatic heterocycles. The first kappa shape index (κ1) is 22.9. The largest absolute Gasteiger partial charge is 0.345 e. The van der Waals surface area contributed by atoms with Gasteiger partial charge < -0.3 is 9.80 Å². The van der Waals surface area contributed by atoms with Crippen LogP contribution in [0.2, 0.25) is 0 Å². The fourth-order valence-electron chi connectivity index (χ4n) is 4.67. The van der Waals surface area contributed by atoms with Gasteiger partial charge in [-0.2, -0.15) is 0 Å². The number of nitrogens with zero attached hydrogens (tertiary/aromatic N) is 2. The molecule has 2 aromatic rings. The van der Waals surface area contributed by atoms with Gasteiger partial charge in [-0.3, -0.25) is 20.4 Å². The number of amides is 2. The first-order valence-corrected chi connectivity index (χ1v) is 12.2. The maximum atomic E-state index is 13.5.